The Morgan fingerprint density at radius 2 is 1.63 bits per heavy atom. The van der Waals surface area contributed by atoms with Crippen LogP contribution in [0.4, 0.5) is 0 Å². The van der Waals surface area contributed by atoms with E-state index in [2.05, 4.69) is 65.6 Å². The molecule has 5 nitrogen and oxygen atoms in total. The first kappa shape index (κ1) is 21.8. The average Bonchev–Trinajstić information content (AvgIpc) is 3.03. The lowest BCUT2D eigenvalue weighted by molar-refractivity contribution is -0.122. The lowest BCUT2D eigenvalue weighted by Crippen LogP contribution is -2.38. The van der Waals surface area contributed by atoms with Crippen LogP contribution in [0, 0.1) is 13.8 Å². The van der Waals surface area contributed by atoms with Gasteiger partial charge in [0, 0.05) is 24.3 Å². The molecule has 0 spiro atoms. The number of carbonyl (C=O) groups is 1. The maximum atomic E-state index is 12.5. The minimum Gasteiger partial charge on any atom is -0.351 e. The molecule has 0 saturated carbocycles. The van der Waals surface area contributed by atoms with Gasteiger partial charge in [0.1, 0.15) is 0 Å². The van der Waals surface area contributed by atoms with Gasteiger partial charge >= 0.3 is 0 Å². The van der Waals surface area contributed by atoms with Crippen molar-refractivity contribution in [2.45, 2.75) is 40.3 Å². The van der Waals surface area contributed by atoms with E-state index in [-0.39, 0.29) is 5.91 Å². The Labute approximate surface area is 179 Å². The molecular weight excluding hydrogens is 372 g/mol. The monoisotopic (exact) mass is 404 g/mol. The van der Waals surface area contributed by atoms with Crippen LogP contribution in [0.3, 0.4) is 0 Å². The lowest BCUT2D eigenvalue weighted by Gasteiger charge is -2.20. The molecule has 30 heavy (non-hydrogen) atoms. The van der Waals surface area contributed by atoms with Crippen LogP contribution in [-0.2, 0) is 24.3 Å². The molecule has 0 bridgehead atoms. The predicted molar refractivity (Wildman–Crippen MR) is 121 cm³/mol. The van der Waals surface area contributed by atoms with E-state index in [0.717, 1.165) is 43.0 Å². The second-order valence-electron chi connectivity index (χ2n) is 7.67. The third kappa shape index (κ3) is 6.04. The summed E-state index contributed by atoms with van der Waals surface area (Å²) in [7, 11) is 0. The smallest absolute Gasteiger partial charge is 0.234 e. The van der Waals surface area contributed by atoms with E-state index in [9.17, 15) is 4.79 Å². The summed E-state index contributed by atoms with van der Waals surface area (Å²) in [6.07, 6.45) is 0.951. The number of likely N-dealkylation sites (N-methyl/N-ethyl adjacent to an activating group) is 1. The summed E-state index contributed by atoms with van der Waals surface area (Å²) in [6.45, 7) is 9.58. The fourth-order valence-corrected chi connectivity index (χ4v) is 3.63. The Morgan fingerprint density at radius 1 is 1.00 bits per heavy atom. The zero-order chi connectivity index (χ0) is 21.3. The van der Waals surface area contributed by atoms with Crippen molar-refractivity contribution in [2.75, 3.05) is 19.6 Å². The molecule has 158 valence electrons. The molecule has 0 aliphatic carbocycles. The van der Waals surface area contributed by atoms with E-state index >= 15 is 0 Å². The molecule has 1 N–H and O–H groups in total. The van der Waals surface area contributed by atoms with Gasteiger partial charge < -0.3 is 5.32 Å². The average molecular weight is 405 g/mol. The predicted octanol–water partition coefficient (Wildman–Crippen LogP) is 3.73. The molecule has 0 radical (unpaired) electrons. The van der Waals surface area contributed by atoms with Gasteiger partial charge in [-0.15, -0.1) is 0 Å². The molecule has 3 aromatic rings. The van der Waals surface area contributed by atoms with E-state index in [4.69, 9.17) is 0 Å². The summed E-state index contributed by atoms with van der Waals surface area (Å²) in [4.78, 5) is 14.7. The highest BCUT2D eigenvalue weighted by Gasteiger charge is 2.14. The van der Waals surface area contributed by atoms with Crippen molar-refractivity contribution in [3.63, 3.8) is 0 Å². The highest BCUT2D eigenvalue weighted by Crippen LogP contribution is 2.14. The van der Waals surface area contributed by atoms with Gasteiger partial charge in [-0.2, -0.15) is 5.10 Å². The van der Waals surface area contributed by atoms with Crippen LogP contribution in [0.15, 0.2) is 60.7 Å². The molecule has 0 aliphatic heterocycles. The minimum atomic E-state index is 0.0551. The van der Waals surface area contributed by atoms with Gasteiger partial charge in [0.25, 0.3) is 0 Å². The molecule has 0 atom stereocenters. The Kier molecular flexibility index (Phi) is 7.80. The van der Waals surface area contributed by atoms with Gasteiger partial charge in [0.05, 0.1) is 18.8 Å². The highest BCUT2D eigenvalue weighted by molar-refractivity contribution is 5.78. The maximum Gasteiger partial charge on any atom is 0.234 e. The van der Waals surface area contributed by atoms with Crippen molar-refractivity contribution in [3.05, 3.63) is 88.7 Å². The van der Waals surface area contributed by atoms with Gasteiger partial charge in [-0.25, -0.2) is 0 Å². The van der Waals surface area contributed by atoms with Crippen molar-refractivity contribution in [2.24, 2.45) is 0 Å². The van der Waals surface area contributed by atoms with E-state index < -0.39 is 0 Å². The number of hydrogen-bond donors (Lipinski definition) is 1. The molecule has 0 fully saturated rings. The van der Waals surface area contributed by atoms with Gasteiger partial charge in [-0.1, -0.05) is 67.6 Å². The topological polar surface area (TPSA) is 50.2 Å². The molecule has 5 heteroatoms. The summed E-state index contributed by atoms with van der Waals surface area (Å²) >= 11 is 0. The van der Waals surface area contributed by atoms with Crippen molar-refractivity contribution in [1.82, 2.24) is 20.0 Å². The van der Waals surface area contributed by atoms with Crippen molar-refractivity contribution in [3.8, 4) is 0 Å². The number of nitrogens with one attached hydrogen (secondary N) is 1. The molecule has 3 rings (SSSR count). The summed E-state index contributed by atoms with van der Waals surface area (Å²) in [5.41, 5.74) is 5.70. The van der Waals surface area contributed by atoms with E-state index in [1.54, 1.807) is 0 Å². The SMILES string of the molecule is CCN(CCc1ccccc1)CC(=O)NCc1c(C)nn(Cc2ccccc2)c1C. The fourth-order valence-electron chi connectivity index (χ4n) is 3.63. The summed E-state index contributed by atoms with van der Waals surface area (Å²) in [6, 6.07) is 20.7. The van der Waals surface area contributed by atoms with E-state index in [1.807, 2.05) is 35.9 Å². The largest absolute Gasteiger partial charge is 0.351 e. The normalized spacial score (nSPS) is 11.1. The van der Waals surface area contributed by atoms with Gasteiger partial charge in [-0.3, -0.25) is 14.4 Å². The van der Waals surface area contributed by atoms with Crippen LogP contribution < -0.4 is 5.32 Å². The Hall–Kier alpha value is -2.92. The first-order chi connectivity index (χ1) is 14.6. The van der Waals surface area contributed by atoms with Gasteiger partial charge in [0.15, 0.2) is 0 Å². The fraction of sp³-hybridized carbons (Fsp3) is 0.360. The highest BCUT2D eigenvalue weighted by atomic mass is 16.2. The second-order valence-corrected chi connectivity index (χ2v) is 7.67. The number of benzene rings is 2. The number of amides is 1. The molecule has 1 aromatic heterocycles. The Morgan fingerprint density at radius 3 is 2.27 bits per heavy atom. The summed E-state index contributed by atoms with van der Waals surface area (Å²) in [5.74, 6) is 0.0551. The number of nitrogens with zero attached hydrogens (tertiary/aromatic N) is 3. The van der Waals surface area contributed by atoms with Crippen LogP contribution in [0.25, 0.3) is 0 Å². The number of aromatic nitrogens is 2. The standard InChI is InChI=1S/C25H32N4O/c1-4-28(16-15-22-11-7-5-8-12-22)19-25(30)26-17-24-20(2)27-29(21(24)3)18-23-13-9-6-10-14-23/h5-14H,4,15-19H2,1-3H3,(H,26,30). The lowest BCUT2D eigenvalue weighted by atomic mass is 10.1. The first-order valence-electron chi connectivity index (χ1n) is 10.7. The van der Waals surface area contributed by atoms with Crippen LogP contribution in [0.1, 0.15) is 35.0 Å². The number of aryl methyl sites for hydroxylation is 1. The second kappa shape index (κ2) is 10.7. The molecule has 0 aliphatic rings. The van der Waals surface area contributed by atoms with E-state index in [0.29, 0.717) is 13.1 Å². The maximum absolute atomic E-state index is 12.5. The third-order valence-corrected chi connectivity index (χ3v) is 5.54. The molecule has 0 saturated heterocycles. The first-order valence-corrected chi connectivity index (χ1v) is 10.7. The zero-order valence-electron chi connectivity index (χ0n) is 18.3. The van der Waals surface area contributed by atoms with Crippen molar-refractivity contribution in [1.29, 1.82) is 0 Å². The molecule has 1 amide bonds. The van der Waals surface area contributed by atoms with Crippen LogP contribution >= 0.6 is 0 Å². The minimum absolute atomic E-state index is 0.0551. The summed E-state index contributed by atoms with van der Waals surface area (Å²) in [5, 5.41) is 7.77. The number of hydrogen-bond acceptors (Lipinski definition) is 3. The van der Waals surface area contributed by atoms with Crippen LogP contribution in [0.5, 0.6) is 0 Å². The van der Waals surface area contributed by atoms with Crippen LogP contribution in [0.2, 0.25) is 0 Å². The van der Waals surface area contributed by atoms with E-state index in [1.165, 1.54) is 11.1 Å². The van der Waals surface area contributed by atoms with Crippen LogP contribution in [-0.4, -0.2) is 40.2 Å². The number of carbonyl (C=O) groups excluding carboxylic acids is 1. The Balaban J connectivity index is 1.52. The summed E-state index contributed by atoms with van der Waals surface area (Å²) < 4.78 is 2.02. The quantitative estimate of drug-likeness (QED) is 0.560. The van der Waals surface area contributed by atoms with Crippen molar-refractivity contribution >= 4 is 5.91 Å². The van der Waals surface area contributed by atoms with Crippen molar-refractivity contribution < 1.29 is 4.79 Å². The molecule has 1 heterocycles. The molecular formula is C25H32N4O. The number of rotatable bonds is 10. The zero-order valence-corrected chi connectivity index (χ0v) is 18.3. The molecule has 2 aromatic carbocycles. The molecule has 0 unspecified atom stereocenters. The van der Waals surface area contributed by atoms with Gasteiger partial charge in [0.2, 0.25) is 5.91 Å². The van der Waals surface area contributed by atoms with Gasteiger partial charge in [-0.05, 0) is 37.9 Å². The Bertz CT molecular complexity index is 935. The third-order valence-electron chi connectivity index (χ3n) is 5.54.